The van der Waals surface area contributed by atoms with Gasteiger partial charge in [-0.1, -0.05) is 0 Å². The predicted octanol–water partition coefficient (Wildman–Crippen LogP) is 0.471. The zero-order chi connectivity index (χ0) is 17.1. The van der Waals surface area contributed by atoms with Gasteiger partial charge in [-0.3, -0.25) is 19.2 Å². The zero-order valence-corrected chi connectivity index (χ0v) is 13.2. The first-order chi connectivity index (χ1) is 10.4. The molecule has 0 heterocycles. The SMILES string of the molecule is COC(=O)CC[C@@H](C(=O)OC)[C@@H](CCC(=O)OC)C(=O)OC. The molecule has 22 heavy (non-hydrogen) atoms. The fraction of sp³-hybridized carbons (Fsp3) is 0.714. The highest BCUT2D eigenvalue weighted by molar-refractivity contribution is 5.83. The Kier molecular flexibility index (Phi) is 9.56. The third-order valence-electron chi connectivity index (χ3n) is 3.27. The molecule has 0 N–H and O–H groups in total. The van der Waals surface area contributed by atoms with Crippen LogP contribution in [0.5, 0.6) is 0 Å². The fourth-order valence-electron chi connectivity index (χ4n) is 2.02. The fourth-order valence-corrected chi connectivity index (χ4v) is 2.02. The predicted molar refractivity (Wildman–Crippen MR) is 73.5 cm³/mol. The first-order valence-corrected chi connectivity index (χ1v) is 6.70. The summed E-state index contributed by atoms with van der Waals surface area (Å²) >= 11 is 0. The largest absolute Gasteiger partial charge is 0.469 e. The summed E-state index contributed by atoms with van der Waals surface area (Å²) in [5, 5.41) is 0. The van der Waals surface area contributed by atoms with E-state index in [2.05, 4.69) is 18.9 Å². The molecule has 8 nitrogen and oxygen atoms in total. The van der Waals surface area contributed by atoms with Crippen LogP contribution in [0.4, 0.5) is 0 Å². The second kappa shape index (κ2) is 10.6. The second-order valence-corrected chi connectivity index (χ2v) is 4.49. The van der Waals surface area contributed by atoms with E-state index in [9.17, 15) is 19.2 Å². The summed E-state index contributed by atoms with van der Waals surface area (Å²) in [7, 11) is 4.82. The summed E-state index contributed by atoms with van der Waals surface area (Å²) in [5.74, 6) is -4.12. The van der Waals surface area contributed by atoms with Crippen molar-refractivity contribution in [3.05, 3.63) is 0 Å². The van der Waals surface area contributed by atoms with Crippen LogP contribution in [-0.2, 0) is 38.1 Å². The third-order valence-corrected chi connectivity index (χ3v) is 3.27. The van der Waals surface area contributed by atoms with Gasteiger partial charge in [-0.15, -0.1) is 0 Å². The molecule has 8 heteroatoms. The highest BCUT2D eigenvalue weighted by atomic mass is 16.5. The van der Waals surface area contributed by atoms with Crippen molar-refractivity contribution in [1.82, 2.24) is 0 Å². The maximum absolute atomic E-state index is 11.9. The number of rotatable bonds is 9. The van der Waals surface area contributed by atoms with Gasteiger partial charge in [0.05, 0.1) is 40.3 Å². The minimum Gasteiger partial charge on any atom is -0.469 e. The molecule has 0 radical (unpaired) electrons. The van der Waals surface area contributed by atoms with Crippen molar-refractivity contribution in [2.24, 2.45) is 11.8 Å². The third kappa shape index (κ3) is 6.55. The van der Waals surface area contributed by atoms with E-state index in [0.29, 0.717) is 0 Å². The minimum atomic E-state index is -0.902. The van der Waals surface area contributed by atoms with Crippen LogP contribution in [0.15, 0.2) is 0 Å². The van der Waals surface area contributed by atoms with Crippen LogP contribution in [-0.4, -0.2) is 52.3 Å². The van der Waals surface area contributed by atoms with Crippen molar-refractivity contribution in [3.63, 3.8) is 0 Å². The molecule has 126 valence electrons. The van der Waals surface area contributed by atoms with E-state index in [-0.39, 0.29) is 25.7 Å². The lowest BCUT2D eigenvalue weighted by atomic mass is 9.85. The van der Waals surface area contributed by atoms with Crippen LogP contribution in [0.2, 0.25) is 0 Å². The van der Waals surface area contributed by atoms with E-state index < -0.39 is 35.7 Å². The van der Waals surface area contributed by atoms with Crippen LogP contribution in [0, 0.1) is 11.8 Å². The molecule has 0 aromatic heterocycles. The molecule has 2 atom stereocenters. The molecular weight excluding hydrogens is 296 g/mol. The number of esters is 4. The van der Waals surface area contributed by atoms with Crippen LogP contribution in [0.3, 0.4) is 0 Å². The molecule has 0 saturated carbocycles. The van der Waals surface area contributed by atoms with Crippen LogP contribution >= 0.6 is 0 Å². The van der Waals surface area contributed by atoms with Crippen LogP contribution in [0.1, 0.15) is 25.7 Å². The number of hydrogen-bond donors (Lipinski definition) is 0. The Morgan fingerprint density at radius 3 is 1.18 bits per heavy atom. The minimum absolute atomic E-state index is 0.0536. The van der Waals surface area contributed by atoms with Crippen LogP contribution < -0.4 is 0 Å². The molecule has 0 saturated heterocycles. The second-order valence-electron chi connectivity index (χ2n) is 4.49. The van der Waals surface area contributed by atoms with Crippen molar-refractivity contribution in [2.75, 3.05) is 28.4 Å². The molecule has 0 aromatic carbocycles. The first kappa shape index (κ1) is 19.9. The van der Waals surface area contributed by atoms with Crippen molar-refractivity contribution in [3.8, 4) is 0 Å². The summed E-state index contributed by atoms with van der Waals surface area (Å²) in [5.41, 5.74) is 0. The highest BCUT2D eigenvalue weighted by Gasteiger charge is 2.36. The summed E-state index contributed by atoms with van der Waals surface area (Å²) in [6.45, 7) is 0. The van der Waals surface area contributed by atoms with Gasteiger partial charge in [0.15, 0.2) is 0 Å². The molecule has 0 rings (SSSR count). The normalized spacial score (nSPS) is 12.7. The monoisotopic (exact) mass is 318 g/mol. The van der Waals surface area contributed by atoms with Gasteiger partial charge in [0, 0.05) is 12.8 Å². The Labute approximate surface area is 129 Å². The molecule has 0 aromatic rings. The molecule has 0 aliphatic heterocycles. The number of carbonyl (C=O) groups excluding carboxylic acids is 4. The Morgan fingerprint density at radius 1 is 0.636 bits per heavy atom. The number of methoxy groups -OCH3 is 4. The van der Waals surface area contributed by atoms with Crippen molar-refractivity contribution < 1.29 is 38.1 Å². The lowest BCUT2D eigenvalue weighted by molar-refractivity contribution is -0.159. The summed E-state index contributed by atoms with van der Waals surface area (Å²) < 4.78 is 18.4. The average molecular weight is 318 g/mol. The van der Waals surface area contributed by atoms with Gasteiger partial charge in [-0.05, 0) is 12.8 Å². The van der Waals surface area contributed by atoms with E-state index in [4.69, 9.17) is 0 Å². The van der Waals surface area contributed by atoms with Gasteiger partial charge < -0.3 is 18.9 Å². The molecule has 0 bridgehead atoms. The smallest absolute Gasteiger partial charge is 0.309 e. The summed E-state index contributed by atoms with van der Waals surface area (Å²) in [6, 6.07) is 0. The van der Waals surface area contributed by atoms with Crippen molar-refractivity contribution >= 4 is 23.9 Å². The maximum Gasteiger partial charge on any atom is 0.309 e. The van der Waals surface area contributed by atoms with E-state index in [0.717, 1.165) is 0 Å². The molecule has 0 unspecified atom stereocenters. The Hall–Kier alpha value is -2.12. The lowest BCUT2D eigenvalue weighted by Crippen LogP contribution is -2.33. The molecule has 0 aliphatic carbocycles. The van der Waals surface area contributed by atoms with Crippen molar-refractivity contribution in [2.45, 2.75) is 25.7 Å². The van der Waals surface area contributed by atoms with Gasteiger partial charge in [0.1, 0.15) is 0 Å². The lowest BCUT2D eigenvalue weighted by Gasteiger charge is -2.22. The number of ether oxygens (including phenoxy) is 4. The molecular formula is C14H22O8. The van der Waals surface area contributed by atoms with Gasteiger partial charge in [0.25, 0.3) is 0 Å². The van der Waals surface area contributed by atoms with E-state index in [1.54, 1.807) is 0 Å². The van der Waals surface area contributed by atoms with E-state index >= 15 is 0 Å². The molecule has 0 amide bonds. The van der Waals surface area contributed by atoms with Gasteiger partial charge in [-0.2, -0.15) is 0 Å². The zero-order valence-electron chi connectivity index (χ0n) is 13.2. The first-order valence-electron chi connectivity index (χ1n) is 6.70. The Bertz CT molecular complexity index is 366. The van der Waals surface area contributed by atoms with Gasteiger partial charge in [0.2, 0.25) is 0 Å². The van der Waals surface area contributed by atoms with Gasteiger partial charge in [-0.25, -0.2) is 0 Å². The summed E-state index contributed by atoms with van der Waals surface area (Å²) in [4.78, 5) is 46.3. The standard InChI is InChI=1S/C14H22O8/c1-19-11(15)7-5-9(13(17)21-3)10(14(18)22-4)6-8-12(16)20-2/h9-10H,5-8H2,1-4H3/t9-,10-/m1/s1. The molecule has 0 fully saturated rings. The Morgan fingerprint density at radius 2 is 0.955 bits per heavy atom. The highest BCUT2D eigenvalue weighted by Crippen LogP contribution is 2.26. The number of carbonyl (C=O) groups is 4. The maximum atomic E-state index is 11.9. The summed E-state index contributed by atoms with van der Waals surface area (Å²) in [6.07, 6.45) is 0.00451. The quantitative estimate of drug-likeness (QED) is 0.446. The molecule has 0 spiro atoms. The van der Waals surface area contributed by atoms with Gasteiger partial charge >= 0.3 is 23.9 Å². The number of hydrogen-bond acceptors (Lipinski definition) is 8. The van der Waals surface area contributed by atoms with E-state index in [1.807, 2.05) is 0 Å². The van der Waals surface area contributed by atoms with E-state index in [1.165, 1.54) is 28.4 Å². The Balaban J connectivity index is 5.08. The van der Waals surface area contributed by atoms with Crippen LogP contribution in [0.25, 0.3) is 0 Å². The molecule has 0 aliphatic rings. The average Bonchev–Trinajstić information content (AvgIpc) is 2.55. The van der Waals surface area contributed by atoms with Crippen molar-refractivity contribution in [1.29, 1.82) is 0 Å². The topological polar surface area (TPSA) is 105 Å².